The van der Waals surface area contributed by atoms with Gasteiger partial charge >= 0.3 is 0 Å². The molecule has 1 fully saturated rings. The lowest BCUT2D eigenvalue weighted by atomic mass is 10.1. The molecule has 1 aliphatic rings. The number of nitrogens with one attached hydrogen (secondary N) is 1. The predicted octanol–water partition coefficient (Wildman–Crippen LogP) is 3.27. The second-order valence-corrected chi connectivity index (χ2v) is 10.3. The molecule has 3 heterocycles. The molecule has 0 saturated carbocycles. The van der Waals surface area contributed by atoms with Crippen LogP contribution in [0.4, 0.5) is 5.69 Å². The minimum absolute atomic E-state index is 0.205. The number of rotatable bonds is 6. The number of aromatic amines is 1. The normalized spacial score (nSPS) is 16.1. The standard InChI is InChI=1S/C24H23N5O4S/c1-34(31,32)16-9-7-15(8-10-16)33-22-14-19-18(27-24(28-19)17-5-2-3-11-26-17)13-21(22)29-12-4-6-20(29)23(25)30/h2-3,5,7-11,13-14,20H,4,6,12H2,1H3,(H2,25,30)(H,27,28)/t20-/m0/s1. The molecule has 0 bridgehead atoms. The van der Waals surface area contributed by atoms with E-state index in [1.165, 1.54) is 12.1 Å². The summed E-state index contributed by atoms with van der Waals surface area (Å²) < 4.78 is 29.8. The number of H-pyrrole nitrogens is 1. The summed E-state index contributed by atoms with van der Waals surface area (Å²) in [5, 5.41) is 0. The van der Waals surface area contributed by atoms with Gasteiger partial charge in [-0.1, -0.05) is 6.07 Å². The summed E-state index contributed by atoms with van der Waals surface area (Å²) in [4.78, 5) is 26.6. The molecule has 0 radical (unpaired) electrons. The number of carbonyl (C=O) groups is 1. The molecule has 9 nitrogen and oxygen atoms in total. The molecular formula is C24H23N5O4S. The number of pyridine rings is 1. The van der Waals surface area contributed by atoms with Crippen molar-refractivity contribution in [3.63, 3.8) is 0 Å². The lowest BCUT2D eigenvalue weighted by Crippen LogP contribution is -2.40. The van der Waals surface area contributed by atoms with Crippen LogP contribution >= 0.6 is 0 Å². The zero-order chi connectivity index (χ0) is 23.9. The number of imidazole rings is 1. The van der Waals surface area contributed by atoms with Crippen LogP contribution in [0.1, 0.15) is 12.8 Å². The molecule has 174 valence electrons. The van der Waals surface area contributed by atoms with Crippen molar-refractivity contribution >= 4 is 32.5 Å². The third kappa shape index (κ3) is 4.19. The number of amides is 1. The molecule has 10 heteroatoms. The van der Waals surface area contributed by atoms with Crippen LogP contribution < -0.4 is 15.4 Å². The van der Waals surface area contributed by atoms with Crippen molar-refractivity contribution in [3.8, 4) is 23.0 Å². The molecule has 0 aliphatic carbocycles. The Kier molecular flexibility index (Phi) is 5.45. The Morgan fingerprint density at radius 1 is 1.18 bits per heavy atom. The van der Waals surface area contributed by atoms with Crippen molar-refractivity contribution in [2.24, 2.45) is 5.73 Å². The zero-order valence-corrected chi connectivity index (χ0v) is 19.2. The number of ether oxygens (including phenoxy) is 1. The Balaban J connectivity index is 1.59. The highest BCUT2D eigenvalue weighted by Crippen LogP contribution is 2.39. The maximum absolute atomic E-state index is 12.1. The van der Waals surface area contributed by atoms with E-state index in [2.05, 4.69) is 15.0 Å². The zero-order valence-electron chi connectivity index (χ0n) is 18.4. The van der Waals surface area contributed by atoms with E-state index in [-0.39, 0.29) is 10.8 Å². The number of fused-ring (bicyclic) bond motifs is 1. The largest absolute Gasteiger partial charge is 0.455 e. The van der Waals surface area contributed by atoms with Crippen LogP contribution in [-0.2, 0) is 14.6 Å². The van der Waals surface area contributed by atoms with Crippen LogP contribution in [0.2, 0.25) is 0 Å². The van der Waals surface area contributed by atoms with Crippen LogP contribution in [0.25, 0.3) is 22.6 Å². The van der Waals surface area contributed by atoms with Gasteiger partial charge in [-0.25, -0.2) is 13.4 Å². The van der Waals surface area contributed by atoms with Gasteiger partial charge in [0.15, 0.2) is 21.4 Å². The molecule has 1 aliphatic heterocycles. The average Bonchev–Trinajstić information content (AvgIpc) is 3.46. The first-order chi connectivity index (χ1) is 16.3. The number of primary amides is 1. The summed E-state index contributed by atoms with van der Waals surface area (Å²) in [5.41, 5.74) is 8.52. The molecule has 1 amide bonds. The third-order valence-corrected chi connectivity index (χ3v) is 6.97. The summed E-state index contributed by atoms with van der Waals surface area (Å²) in [7, 11) is -3.32. The smallest absolute Gasteiger partial charge is 0.240 e. The third-order valence-electron chi connectivity index (χ3n) is 5.84. The summed E-state index contributed by atoms with van der Waals surface area (Å²) in [6.45, 7) is 0.656. The van der Waals surface area contributed by atoms with Crippen LogP contribution in [-0.4, -0.2) is 48.1 Å². The Morgan fingerprint density at radius 3 is 2.65 bits per heavy atom. The number of benzene rings is 2. The van der Waals surface area contributed by atoms with E-state index in [9.17, 15) is 13.2 Å². The molecule has 1 saturated heterocycles. The van der Waals surface area contributed by atoms with Gasteiger partial charge in [0.2, 0.25) is 5.91 Å². The topological polar surface area (TPSA) is 131 Å². The molecule has 0 unspecified atom stereocenters. The monoisotopic (exact) mass is 477 g/mol. The number of sulfone groups is 1. The van der Waals surface area contributed by atoms with E-state index < -0.39 is 15.9 Å². The van der Waals surface area contributed by atoms with E-state index >= 15 is 0 Å². The number of nitrogens with zero attached hydrogens (tertiary/aromatic N) is 3. The van der Waals surface area contributed by atoms with Crippen molar-refractivity contribution in [3.05, 3.63) is 60.8 Å². The van der Waals surface area contributed by atoms with E-state index in [1.807, 2.05) is 29.2 Å². The SMILES string of the molecule is CS(=O)(=O)c1ccc(Oc2cc3nc(-c4ccccn4)[nH]c3cc2N2CCC[C@H]2C(N)=O)cc1. The van der Waals surface area contributed by atoms with Crippen molar-refractivity contribution in [1.29, 1.82) is 0 Å². The van der Waals surface area contributed by atoms with Gasteiger partial charge in [0.1, 0.15) is 17.5 Å². The number of hydrogen-bond acceptors (Lipinski definition) is 7. The molecule has 5 rings (SSSR count). The highest BCUT2D eigenvalue weighted by molar-refractivity contribution is 7.90. The molecule has 4 aromatic rings. The van der Waals surface area contributed by atoms with Gasteiger partial charge in [-0.15, -0.1) is 0 Å². The Bertz CT molecular complexity index is 1470. The number of anilines is 1. The minimum atomic E-state index is -3.32. The van der Waals surface area contributed by atoms with E-state index in [0.29, 0.717) is 47.2 Å². The maximum atomic E-state index is 12.1. The van der Waals surface area contributed by atoms with Crippen molar-refractivity contribution in [2.75, 3.05) is 17.7 Å². The van der Waals surface area contributed by atoms with E-state index in [0.717, 1.165) is 18.2 Å². The molecule has 0 spiro atoms. The van der Waals surface area contributed by atoms with Gasteiger partial charge in [-0.3, -0.25) is 9.78 Å². The first kappa shape index (κ1) is 21.9. The lowest BCUT2D eigenvalue weighted by molar-refractivity contribution is -0.119. The van der Waals surface area contributed by atoms with Gasteiger partial charge in [-0.05, 0) is 55.3 Å². The van der Waals surface area contributed by atoms with Crippen LogP contribution in [0, 0.1) is 0 Å². The highest BCUT2D eigenvalue weighted by atomic mass is 32.2. The fourth-order valence-corrected chi connectivity index (χ4v) is 4.82. The molecule has 1 atom stereocenters. The van der Waals surface area contributed by atoms with Crippen LogP contribution in [0.5, 0.6) is 11.5 Å². The van der Waals surface area contributed by atoms with Gasteiger partial charge in [-0.2, -0.15) is 0 Å². The Morgan fingerprint density at radius 2 is 1.97 bits per heavy atom. The number of hydrogen-bond donors (Lipinski definition) is 2. The van der Waals surface area contributed by atoms with Crippen molar-refractivity contribution in [2.45, 2.75) is 23.8 Å². The number of aromatic nitrogens is 3. The Labute approximate surface area is 196 Å². The summed E-state index contributed by atoms with van der Waals surface area (Å²) >= 11 is 0. The molecule has 2 aromatic carbocycles. The summed E-state index contributed by atoms with van der Waals surface area (Å²) in [6, 6.07) is 15.0. The van der Waals surface area contributed by atoms with Crippen LogP contribution in [0.15, 0.2) is 65.7 Å². The van der Waals surface area contributed by atoms with E-state index in [1.54, 1.807) is 24.4 Å². The van der Waals surface area contributed by atoms with E-state index in [4.69, 9.17) is 10.5 Å². The van der Waals surface area contributed by atoms with Crippen LogP contribution in [0.3, 0.4) is 0 Å². The van der Waals surface area contributed by atoms with Gasteiger partial charge in [0, 0.05) is 25.1 Å². The summed E-state index contributed by atoms with van der Waals surface area (Å²) in [6.07, 6.45) is 4.35. The second kappa shape index (κ2) is 8.45. The number of carbonyl (C=O) groups excluding carboxylic acids is 1. The van der Waals surface area contributed by atoms with Crippen molar-refractivity contribution < 1.29 is 17.9 Å². The van der Waals surface area contributed by atoms with Gasteiger partial charge < -0.3 is 20.4 Å². The Hall–Kier alpha value is -3.92. The second-order valence-electron chi connectivity index (χ2n) is 8.24. The first-order valence-corrected chi connectivity index (χ1v) is 12.7. The highest BCUT2D eigenvalue weighted by Gasteiger charge is 2.31. The first-order valence-electron chi connectivity index (χ1n) is 10.8. The molecule has 2 aromatic heterocycles. The summed E-state index contributed by atoms with van der Waals surface area (Å²) in [5.74, 6) is 1.18. The average molecular weight is 478 g/mol. The molecule has 34 heavy (non-hydrogen) atoms. The quantitative estimate of drug-likeness (QED) is 0.436. The van der Waals surface area contributed by atoms with Gasteiger partial charge in [0.25, 0.3) is 0 Å². The molecule has 3 N–H and O–H groups in total. The lowest BCUT2D eigenvalue weighted by Gasteiger charge is -2.26. The van der Waals surface area contributed by atoms with Crippen molar-refractivity contribution in [1.82, 2.24) is 15.0 Å². The fraction of sp³-hybridized carbons (Fsp3) is 0.208. The number of nitrogens with two attached hydrogens (primary N) is 1. The maximum Gasteiger partial charge on any atom is 0.240 e. The molecular weight excluding hydrogens is 454 g/mol. The predicted molar refractivity (Wildman–Crippen MR) is 129 cm³/mol. The minimum Gasteiger partial charge on any atom is -0.455 e. The fourth-order valence-electron chi connectivity index (χ4n) is 4.19. The van der Waals surface area contributed by atoms with Gasteiger partial charge in [0.05, 0.1) is 21.6 Å².